The number of ether oxygens (including phenoxy) is 1. The number of hydrogen-bond acceptors (Lipinski definition) is 4. The smallest absolute Gasteiger partial charge is 0.356 e. The van der Waals surface area contributed by atoms with Crippen LogP contribution in [0.25, 0.3) is 0 Å². The van der Waals surface area contributed by atoms with Gasteiger partial charge in [-0.15, -0.1) is 0 Å². The van der Waals surface area contributed by atoms with Crippen molar-refractivity contribution in [1.82, 2.24) is 15.1 Å². The van der Waals surface area contributed by atoms with E-state index in [0.29, 0.717) is 24.4 Å². The first-order chi connectivity index (χ1) is 10.2. The van der Waals surface area contributed by atoms with Gasteiger partial charge in [-0.2, -0.15) is 5.10 Å². The molecule has 0 radical (unpaired) electrons. The summed E-state index contributed by atoms with van der Waals surface area (Å²) in [4.78, 5) is 14.5. The lowest BCUT2D eigenvalue weighted by Crippen LogP contribution is -2.39. The Bertz CT molecular complexity index is 452. The van der Waals surface area contributed by atoms with E-state index in [1.807, 2.05) is 6.92 Å². The quantitative estimate of drug-likeness (QED) is 0.785. The van der Waals surface area contributed by atoms with Crippen LogP contribution in [0.5, 0.6) is 0 Å². The van der Waals surface area contributed by atoms with Crippen molar-refractivity contribution in [1.29, 1.82) is 0 Å². The minimum Gasteiger partial charge on any atom is -0.461 e. The van der Waals surface area contributed by atoms with Crippen LogP contribution in [0.1, 0.15) is 68.9 Å². The second-order valence-electron chi connectivity index (χ2n) is 5.86. The van der Waals surface area contributed by atoms with Gasteiger partial charge in [-0.25, -0.2) is 4.79 Å². The molecule has 1 saturated carbocycles. The third-order valence-electron chi connectivity index (χ3n) is 4.50. The molecule has 1 aliphatic rings. The molecule has 1 aromatic rings. The summed E-state index contributed by atoms with van der Waals surface area (Å²) in [6, 6.07) is 1.14. The Labute approximate surface area is 127 Å². The van der Waals surface area contributed by atoms with E-state index in [1.54, 1.807) is 6.20 Å². The zero-order chi connectivity index (χ0) is 15.2. The Hall–Kier alpha value is -1.36. The Kier molecular flexibility index (Phi) is 5.79. The summed E-state index contributed by atoms with van der Waals surface area (Å²) in [6.07, 6.45) is 8.02. The van der Waals surface area contributed by atoms with Gasteiger partial charge in [0.2, 0.25) is 0 Å². The maximum absolute atomic E-state index is 12.0. The van der Waals surface area contributed by atoms with Gasteiger partial charge >= 0.3 is 5.97 Å². The monoisotopic (exact) mass is 293 g/mol. The Morgan fingerprint density at radius 1 is 1.48 bits per heavy atom. The number of H-pyrrole nitrogens is 1. The van der Waals surface area contributed by atoms with Gasteiger partial charge in [-0.05, 0) is 33.1 Å². The van der Waals surface area contributed by atoms with Crippen LogP contribution in [0.2, 0.25) is 0 Å². The number of aromatic amines is 1. The standard InChI is InChI=1S/C16H27N3O2/c1-4-12(3)19(14-8-6-7-9-14)11-13-10-17-18-15(13)16(20)21-5-2/h10,12,14H,4-9,11H2,1-3H3,(H,17,18)/t12-/m0/s1. The van der Waals surface area contributed by atoms with Crippen molar-refractivity contribution in [3.05, 3.63) is 17.5 Å². The van der Waals surface area contributed by atoms with E-state index < -0.39 is 0 Å². The summed E-state index contributed by atoms with van der Waals surface area (Å²) >= 11 is 0. The molecule has 5 nitrogen and oxygen atoms in total. The maximum Gasteiger partial charge on any atom is 0.356 e. The largest absolute Gasteiger partial charge is 0.461 e. The highest BCUT2D eigenvalue weighted by molar-refractivity contribution is 5.88. The first kappa shape index (κ1) is 16.0. The third kappa shape index (κ3) is 3.84. The molecule has 1 atom stereocenters. The van der Waals surface area contributed by atoms with Crippen LogP contribution in [0.15, 0.2) is 6.20 Å². The van der Waals surface area contributed by atoms with Crippen LogP contribution in [0, 0.1) is 0 Å². The van der Waals surface area contributed by atoms with Crippen molar-refractivity contribution in [2.75, 3.05) is 6.61 Å². The summed E-state index contributed by atoms with van der Waals surface area (Å²) in [5.74, 6) is -0.305. The number of nitrogens with zero attached hydrogens (tertiary/aromatic N) is 2. The first-order valence-electron chi connectivity index (χ1n) is 8.12. The molecule has 0 bridgehead atoms. The van der Waals surface area contributed by atoms with Crippen molar-refractivity contribution in [3.8, 4) is 0 Å². The number of carbonyl (C=O) groups is 1. The van der Waals surface area contributed by atoms with Crippen LogP contribution >= 0.6 is 0 Å². The topological polar surface area (TPSA) is 58.2 Å². The van der Waals surface area contributed by atoms with Gasteiger partial charge in [-0.3, -0.25) is 10.00 Å². The average Bonchev–Trinajstić information content (AvgIpc) is 3.15. The van der Waals surface area contributed by atoms with E-state index in [0.717, 1.165) is 18.5 Å². The summed E-state index contributed by atoms with van der Waals surface area (Å²) in [7, 11) is 0. The van der Waals surface area contributed by atoms with Crippen LogP contribution in [-0.2, 0) is 11.3 Å². The van der Waals surface area contributed by atoms with E-state index in [2.05, 4.69) is 28.9 Å². The van der Waals surface area contributed by atoms with Crippen molar-refractivity contribution in [2.45, 2.75) is 71.5 Å². The third-order valence-corrected chi connectivity index (χ3v) is 4.50. The molecular weight excluding hydrogens is 266 g/mol. The lowest BCUT2D eigenvalue weighted by atomic mass is 10.1. The first-order valence-corrected chi connectivity index (χ1v) is 8.12. The Morgan fingerprint density at radius 3 is 2.81 bits per heavy atom. The van der Waals surface area contributed by atoms with Gasteiger partial charge in [0.05, 0.1) is 12.8 Å². The molecule has 1 aliphatic carbocycles. The van der Waals surface area contributed by atoms with Gasteiger partial charge < -0.3 is 4.74 Å². The number of rotatable bonds is 7. The molecule has 0 aromatic carbocycles. The Balaban J connectivity index is 2.13. The molecule has 2 rings (SSSR count). The zero-order valence-corrected chi connectivity index (χ0v) is 13.4. The average molecular weight is 293 g/mol. The maximum atomic E-state index is 12.0. The van der Waals surface area contributed by atoms with Crippen LogP contribution in [0.4, 0.5) is 0 Å². The molecule has 0 saturated heterocycles. The molecule has 1 fully saturated rings. The van der Waals surface area contributed by atoms with Gasteiger partial charge in [0.15, 0.2) is 0 Å². The number of esters is 1. The fourth-order valence-corrected chi connectivity index (χ4v) is 3.12. The van der Waals surface area contributed by atoms with E-state index >= 15 is 0 Å². The Morgan fingerprint density at radius 2 is 2.19 bits per heavy atom. The molecule has 1 aromatic heterocycles. The lowest BCUT2D eigenvalue weighted by Gasteiger charge is -2.34. The minimum atomic E-state index is -0.305. The van der Waals surface area contributed by atoms with Gasteiger partial charge in [-0.1, -0.05) is 19.8 Å². The van der Waals surface area contributed by atoms with Gasteiger partial charge in [0.1, 0.15) is 5.69 Å². The summed E-state index contributed by atoms with van der Waals surface area (Å²) < 4.78 is 5.09. The fraction of sp³-hybridized carbons (Fsp3) is 0.750. The van der Waals surface area contributed by atoms with Gasteiger partial charge in [0.25, 0.3) is 0 Å². The highest BCUT2D eigenvalue weighted by atomic mass is 16.5. The van der Waals surface area contributed by atoms with Crippen molar-refractivity contribution < 1.29 is 9.53 Å². The van der Waals surface area contributed by atoms with E-state index in [4.69, 9.17) is 4.74 Å². The molecule has 118 valence electrons. The normalized spacial score (nSPS) is 17.3. The molecule has 0 unspecified atom stereocenters. The molecule has 5 heteroatoms. The molecule has 21 heavy (non-hydrogen) atoms. The lowest BCUT2D eigenvalue weighted by molar-refractivity contribution is 0.0514. The minimum absolute atomic E-state index is 0.305. The molecule has 1 N–H and O–H groups in total. The number of carbonyl (C=O) groups excluding carboxylic acids is 1. The van der Waals surface area contributed by atoms with Gasteiger partial charge in [0, 0.05) is 24.2 Å². The predicted octanol–water partition coefficient (Wildman–Crippen LogP) is 3.13. The molecule has 0 amide bonds. The fourth-order valence-electron chi connectivity index (χ4n) is 3.12. The SMILES string of the molecule is CCOC(=O)c1[nH]ncc1CN(C1CCCC1)[C@@H](C)CC. The second kappa shape index (κ2) is 7.59. The highest BCUT2D eigenvalue weighted by Crippen LogP contribution is 2.28. The van der Waals surface area contributed by atoms with Crippen molar-refractivity contribution >= 4 is 5.97 Å². The van der Waals surface area contributed by atoms with E-state index in [9.17, 15) is 4.79 Å². The summed E-state index contributed by atoms with van der Waals surface area (Å²) in [5.41, 5.74) is 1.45. The van der Waals surface area contributed by atoms with Crippen LogP contribution < -0.4 is 0 Å². The number of aromatic nitrogens is 2. The highest BCUT2D eigenvalue weighted by Gasteiger charge is 2.27. The zero-order valence-electron chi connectivity index (χ0n) is 13.4. The summed E-state index contributed by atoms with van der Waals surface area (Å²) in [6.45, 7) is 7.45. The second-order valence-corrected chi connectivity index (χ2v) is 5.86. The van der Waals surface area contributed by atoms with Crippen molar-refractivity contribution in [2.24, 2.45) is 0 Å². The van der Waals surface area contributed by atoms with E-state index in [-0.39, 0.29) is 5.97 Å². The number of nitrogens with one attached hydrogen (secondary N) is 1. The van der Waals surface area contributed by atoms with Crippen molar-refractivity contribution in [3.63, 3.8) is 0 Å². The molecule has 0 aliphatic heterocycles. The summed E-state index contributed by atoms with van der Waals surface area (Å²) in [5, 5.41) is 6.83. The molecule has 0 spiro atoms. The predicted molar refractivity (Wildman–Crippen MR) is 82.1 cm³/mol. The number of hydrogen-bond donors (Lipinski definition) is 1. The van der Waals surface area contributed by atoms with E-state index in [1.165, 1.54) is 25.7 Å². The van der Waals surface area contributed by atoms with Crippen LogP contribution in [0.3, 0.4) is 0 Å². The van der Waals surface area contributed by atoms with Crippen LogP contribution in [-0.4, -0.2) is 39.8 Å². The molecule has 1 heterocycles. The molecular formula is C16H27N3O2.